The highest BCUT2D eigenvalue weighted by atomic mass is 19.1. The minimum Gasteiger partial charge on any atom is -0.484 e. The Kier molecular flexibility index (Phi) is 6.57. The fourth-order valence-corrected chi connectivity index (χ4v) is 2.60. The zero-order valence-electron chi connectivity index (χ0n) is 15.5. The summed E-state index contributed by atoms with van der Waals surface area (Å²) in [4.78, 5) is 18.1. The molecule has 0 saturated carbocycles. The van der Waals surface area contributed by atoms with E-state index in [9.17, 15) is 9.18 Å². The average molecular weight is 380 g/mol. The number of pyridine rings is 1. The average Bonchev–Trinajstić information content (AvgIpc) is 2.72. The van der Waals surface area contributed by atoms with Crippen LogP contribution in [0.15, 0.2) is 72.9 Å². The molecule has 0 spiro atoms. The summed E-state index contributed by atoms with van der Waals surface area (Å²) >= 11 is 0. The second-order valence-electron chi connectivity index (χ2n) is 6.07. The van der Waals surface area contributed by atoms with E-state index < -0.39 is 0 Å². The summed E-state index contributed by atoms with van der Waals surface area (Å²) < 4.78 is 24.5. The predicted molar refractivity (Wildman–Crippen MR) is 104 cm³/mol. The molecule has 0 radical (unpaired) electrons. The minimum absolute atomic E-state index is 0.0937. The molecule has 28 heavy (non-hydrogen) atoms. The van der Waals surface area contributed by atoms with E-state index in [1.165, 1.54) is 12.1 Å². The first-order chi connectivity index (χ1) is 13.6. The van der Waals surface area contributed by atoms with E-state index in [4.69, 9.17) is 9.47 Å². The molecule has 0 fully saturated rings. The molecule has 1 heterocycles. The van der Waals surface area contributed by atoms with Gasteiger partial charge in [0.1, 0.15) is 17.3 Å². The number of amides is 1. The van der Waals surface area contributed by atoms with Gasteiger partial charge in [-0.3, -0.25) is 4.79 Å². The van der Waals surface area contributed by atoms with Crippen LogP contribution in [-0.2, 0) is 11.3 Å². The van der Waals surface area contributed by atoms with Gasteiger partial charge >= 0.3 is 0 Å². The van der Waals surface area contributed by atoms with Crippen molar-refractivity contribution in [3.05, 3.63) is 84.3 Å². The lowest BCUT2D eigenvalue weighted by Gasteiger charge is -2.21. The predicted octanol–water partition coefficient (Wildman–Crippen LogP) is 4.44. The molecule has 144 valence electrons. The van der Waals surface area contributed by atoms with Crippen molar-refractivity contribution in [2.75, 3.05) is 13.2 Å². The fraction of sp³-hybridized carbons (Fsp3) is 0.182. The summed E-state index contributed by atoms with van der Waals surface area (Å²) in [6.07, 6.45) is 1.65. The molecule has 0 aliphatic carbocycles. The maximum Gasteiger partial charge on any atom is 0.260 e. The molecule has 0 saturated heterocycles. The first-order valence-electron chi connectivity index (χ1n) is 8.98. The first-order valence-corrected chi connectivity index (χ1v) is 8.98. The number of benzene rings is 2. The van der Waals surface area contributed by atoms with Crippen molar-refractivity contribution in [2.24, 2.45) is 0 Å². The molecule has 6 heteroatoms. The molecule has 3 rings (SSSR count). The third-order valence-corrected chi connectivity index (χ3v) is 4.04. The molecule has 1 amide bonds. The first kappa shape index (κ1) is 19.4. The monoisotopic (exact) mass is 380 g/mol. The Morgan fingerprint density at radius 1 is 1.04 bits per heavy atom. The van der Waals surface area contributed by atoms with E-state index >= 15 is 0 Å². The quantitative estimate of drug-likeness (QED) is 0.580. The number of carbonyl (C=O) groups is 1. The smallest absolute Gasteiger partial charge is 0.260 e. The standard InChI is InChI=1S/C22H21FN2O3/c1-2-25(15-17-6-5-7-18(23)14-17)22(26)16-27-19-9-11-20(12-10-19)28-21-8-3-4-13-24-21/h3-14H,2,15-16H2,1H3. The Morgan fingerprint density at radius 3 is 2.50 bits per heavy atom. The number of hydrogen-bond acceptors (Lipinski definition) is 4. The van der Waals surface area contributed by atoms with Gasteiger partial charge in [-0.1, -0.05) is 18.2 Å². The van der Waals surface area contributed by atoms with Crippen LogP contribution >= 0.6 is 0 Å². The van der Waals surface area contributed by atoms with Crippen molar-refractivity contribution in [3.63, 3.8) is 0 Å². The molecule has 0 N–H and O–H groups in total. The van der Waals surface area contributed by atoms with Gasteiger partial charge in [0.25, 0.3) is 5.91 Å². The zero-order valence-corrected chi connectivity index (χ0v) is 15.5. The van der Waals surface area contributed by atoms with Crippen LogP contribution in [0.25, 0.3) is 0 Å². The number of nitrogens with zero attached hydrogens (tertiary/aromatic N) is 2. The van der Waals surface area contributed by atoms with Crippen LogP contribution in [0.5, 0.6) is 17.4 Å². The Bertz CT molecular complexity index is 901. The van der Waals surface area contributed by atoms with Crippen molar-refractivity contribution in [2.45, 2.75) is 13.5 Å². The summed E-state index contributed by atoms with van der Waals surface area (Å²) in [6, 6.07) is 18.6. The summed E-state index contributed by atoms with van der Waals surface area (Å²) in [6.45, 7) is 2.63. The summed E-state index contributed by atoms with van der Waals surface area (Å²) in [5.74, 6) is 1.20. The van der Waals surface area contributed by atoms with Gasteiger partial charge in [0.2, 0.25) is 5.88 Å². The molecule has 5 nitrogen and oxygen atoms in total. The van der Waals surface area contributed by atoms with Gasteiger partial charge in [-0.2, -0.15) is 0 Å². The van der Waals surface area contributed by atoms with E-state index in [2.05, 4.69) is 4.98 Å². The van der Waals surface area contributed by atoms with Gasteiger partial charge in [-0.25, -0.2) is 9.37 Å². The number of aromatic nitrogens is 1. The third kappa shape index (κ3) is 5.54. The number of hydrogen-bond donors (Lipinski definition) is 0. The lowest BCUT2D eigenvalue weighted by molar-refractivity contribution is -0.133. The Hall–Kier alpha value is -3.41. The third-order valence-electron chi connectivity index (χ3n) is 4.04. The number of likely N-dealkylation sites (N-methyl/N-ethyl adjacent to an activating group) is 1. The van der Waals surface area contributed by atoms with Crippen molar-refractivity contribution >= 4 is 5.91 Å². The van der Waals surface area contributed by atoms with E-state index in [-0.39, 0.29) is 18.3 Å². The van der Waals surface area contributed by atoms with Gasteiger partial charge in [0.15, 0.2) is 6.61 Å². The Balaban J connectivity index is 1.53. The number of ether oxygens (including phenoxy) is 2. The van der Waals surface area contributed by atoms with Crippen LogP contribution in [0.3, 0.4) is 0 Å². The largest absolute Gasteiger partial charge is 0.484 e. The Labute approximate surface area is 163 Å². The zero-order chi connectivity index (χ0) is 19.8. The highest BCUT2D eigenvalue weighted by Gasteiger charge is 2.13. The lowest BCUT2D eigenvalue weighted by atomic mass is 10.2. The number of carbonyl (C=O) groups excluding carboxylic acids is 1. The number of halogens is 1. The van der Waals surface area contributed by atoms with E-state index in [0.29, 0.717) is 30.5 Å². The van der Waals surface area contributed by atoms with Crippen molar-refractivity contribution in [1.29, 1.82) is 0 Å². The van der Waals surface area contributed by atoms with Crippen molar-refractivity contribution < 1.29 is 18.7 Å². The van der Waals surface area contributed by atoms with E-state index in [0.717, 1.165) is 5.56 Å². The lowest BCUT2D eigenvalue weighted by Crippen LogP contribution is -2.34. The second-order valence-corrected chi connectivity index (χ2v) is 6.07. The Morgan fingerprint density at radius 2 is 1.82 bits per heavy atom. The molecule has 1 aromatic heterocycles. The highest BCUT2D eigenvalue weighted by molar-refractivity contribution is 5.77. The SMILES string of the molecule is CCN(Cc1cccc(F)c1)C(=O)COc1ccc(Oc2ccccn2)cc1. The summed E-state index contributed by atoms with van der Waals surface area (Å²) in [5.41, 5.74) is 0.742. The topological polar surface area (TPSA) is 51.7 Å². The maximum absolute atomic E-state index is 13.3. The van der Waals surface area contributed by atoms with E-state index in [1.807, 2.05) is 19.1 Å². The highest BCUT2D eigenvalue weighted by Crippen LogP contribution is 2.22. The van der Waals surface area contributed by atoms with Gasteiger partial charge in [-0.05, 0) is 55.0 Å². The molecule has 0 atom stereocenters. The minimum atomic E-state index is -0.315. The molecule has 2 aromatic carbocycles. The van der Waals surface area contributed by atoms with Crippen molar-refractivity contribution in [1.82, 2.24) is 9.88 Å². The van der Waals surface area contributed by atoms with Crippen molar-refractivity contribution in [3.8, 4) is 17.4 Å². The molecule has 0 aliphatic rings. The van der Waals surface area contributed by atoms with Crippen LogP contribution in [-0.4, -0.2) is 28.9 Å². The van der Waals surface area contributed by atoms with Crippen LogP contribution in [0.1, 0.15) is 12.5 Å². The summed E-state index contributed by atoms with van der Waals surface area (Å²) in [7, 11) is 0. The van der Waals surface area contributed by atoms with Crippen LogP contribution < -0.4 is 9.47 Å². The number of rotatable bonds is 8. The fourth-order valence-electron chi connectivity index (χ4n) is 2.60. The van der Waals surface area contributed by atoms with E-state index in [1.54, 1.807) is 53.6 Å². The molecule has 0 bridgehead atoms. The van der Waals surface area contributed by atoms with Crippen LogP contribution in [0.2, 0.25) is 0 Å². The molecule has 3 aromatic rings. The molecular weight excluding hydrogens is 359 g/mol. The van der Waals surface area contributed by atoms with Gasteiger partial charge < -0.3 is 14.4 Å². The second kappa shape index (κ2) is 9.50. The summed E-state index contributed by atoms with van der Waals surface area (Å²) in [5, 5.41) is 0. The normalized spacial score (nSPS) is 10.4. The van der Waals surface area contributed by atoms with Gasteiger partial charge in [0.05, 0.1) is 0 Å². The maximum atomic E-state index is 13.3. The van der Waals surface area contributed by atoms with Crippen LogP contribution in [0.4, 0.5) is 4.39 Å². The van der Waals surface area contributed by atoms with Gasteiger partial charge in [0, 0.05) is 25.4 Å². The molecule has 0 aliphatic heterocycles. The van der Waals surface area contributed by atoms with Gasteiger partial charge in [-0.15, -0.1) is 0 Å². The molecular formula is C22H21FN2O3. The van der Waals surface area contributed by atoms with Crippen LogP contribution in [0, 0.1) is 5.82 Å². The molecule has 0 unspecified atom stereocenters.